The molecular formula is C22H23N5O2. The van der Waals surface area contributed by atoms with Gasteiger partial charge in [0.05, 0.1) is 17.5 Å². The molecule has 7 nitrogen and oxygen atoms in total. The lowest BCUT2D eigenvalue weighted by Crippen LogP contribution is -2.29. The average Bonchev–Trinajstić information content (AvgIpc) is 3.29. The van der Waals surface area contributed by atoms with E-state index >= 15 is 0 Å². The van der Waals surface area contributed by atoms with Crippen molar-refractivity contribution in [2.75, 3.05) is 5.73 Å². The molecule has 1 saturated carbocycles. The molecule has 0 saturated heterocycles. The lowest BCUT2D eigenvalue weighted by molar-refractivity contribution is 0.00545. The SMILES string of the molecule is Nc1ncnc2c1ccn2[C@@H]1C[C@H](CCc2ccc3ccncc3c2)[C@@H](O)[C@H]1O. The molecule has 0 spiro atoms. The number of hydrogen-bond acceptors (Lipinski definition) is 6. The highest BCUT2D eigenvalue weighted by Gasteiger charge is 2.42. The van der Waals surface area contributed by atoms with Crippen LogP contribution in [0, 0.1) is 5.92 Å². The predicted octanol–water partition coefficient (Wildman–Crippen LogP) is 2.48. The molecule has 0 amide bonds. The molecule has 3 heterocycles. The van der Waals surface area contributed by atoms with Gasteiger partial charge >= 0.3 is 0 Å². The van der Waals surface area contributed by atoms with Gasteiger partial charge in [-0.1, -0.05) is 12.1 Å². The molecule has 148 valence electrons. The number of aliphatic hydroxyl groups is 2. The molecule has 0 radical (unpaired) electrons. The van der Waals surface area contributed by atoms with Gasteiger partial charge in [0, 0.05) is 24.0 Å². The Morgan fingerprint density at radius 1 is 1.07 bits per heavy atom. The van der Waals surface area contributed by atoms with E-state index in [-0.39, 0.29) is 12.0 Å². The Labute approximate surface area is 167 Å². The van der Waals surface area contributed by atoms with Crippen LogP contribution in [0.25, 0.3) is 21.8 Å². The largest absolute Gasteiger partial charge is 0.390 e. The molecule has 4 atom stereocenters. The molecule has 1 fully saturated rings. The van der Waals surface area contributed by atoms with Gasteiger partial charge in [0.25, 0.3) is 0 Å². The molecule has 3 aromatic heterocycles. The Morgan fingerprint density at radius 2 is 1.97 bits per heavy atom. The molecule has 1 aromatic carbocycles. The van der Waals surface area contributed by atoms with Crippen molar-refractivity contribution in [3.8, 4) is 0 Å². The summed E-state index contributed by atoms with van der Waals surface area (Å²) >= 11 is 0. The second-order valence-corrected chi connectivity index (χ2v) is 7.86. The summed E-state index contributed by atoms with van der Waals surface area (Å²) in [6.45, 7) is 0. The third-order valence-electron chi connectivity index (χ3n) is 6.18. The molecule has 4 aromatic rings. The van der Waals surface area contributed by atoms with E-state index in [2.05, 4.69) is 33.2 Å². The van der Waals surface area contributed by atoms with Gasteiger partial charge in [-0.05, 0) is 54.3 Å². The van der Waals surface area contributed by atoms with E-state index < -0.39 is 12.2 Å². The average molecular weight is 389 g/mol. The second-order valence-electron chi connectivity index (χ2n) is 7.86. The molecular weight excluding hydrogens is 366 g/mol. The zero-order chi connectivity index (χ0) is 20.0. The summed E-state index contributed by atoms with van der Waals surface area (Å²) in [5, 5.41) is 24.4. The van der Waals surface area contributed by atoms with Crippen LogP contribution >= 0.6 is 0 Å². The van der Waals surface area contributed by atoms with Crippen LogP contribution in [0.3, 0.4) is 0 Å². The number of nitrogens with two attached hydrogens (primary N) is 1. The zero-order valence-electron chi connectivity index (χ0n) is 15.9. The first kappa shape index (κ1) is 18.0. The first-order valence-electron chi connectivity index (χ1n) is 9.87. The van der Waals surface area contributed by atoms with Gasteiger partial charge in [-0.15, -0.1) is 0 Å². The number of fused-ring (bicyclic) bond motifs is 2. The maximum Gasteiger partial charge on any atom is 0.145 e. The van der Waals surface area contributed by atoms with E-state index in [1.807, 2.05) is 29.1 Å². The Balaban J connectivity index is 1.34. The number of aromatic nitrogens is 4. The molecule has 1 aliphatic carbocycles. The fourth-order valence-electron chi connectivity index (χ4n) is 4.56. The van der Waals surface area contributed by atoms with Gasteiger partial charge in [0.1, 0.15) is 23.9 Å². The van der Waals surface area contributed by atoms with Crippen molar-refractivity contribution in [2.24, 2.45) is 5.92 Å². The summed E-state index contributed by atoms with van der Waals surface area (Å²) in [4.78, 5) is 12.5. The third kappa shape index (κ3) is 3.12. The highest BCUT2D eigenvalue weighted by molar-refractivity contribution is 5.86. The second kappa shape index (κ2) is 7.09. The third-order valence-corrected chi connectivity index (χ3v) is 6.18. The normalized spacial score (nSPS) is 24.5. The number of pyridine rings is 1. The molecule has 5 rings (SSSR count). The first-order chi connectivity index (χ1) is 14.1. The maximum atomic E-state index is 10.7. The summed E-state index contributed by atoms with van der Waals surface area (Å²) in [5.41, 5.74) is 7.83. The topological polar surface area (TPSA) is 110 Å². The molecule has 0 aliphatic heterocycles. The van der Waals surface area contributed by atoms with Gasteiger partial charge < -0.3 is 20.5 Å². The van der Waals surface area contributed by atoms with E-state index in [4.69, 9.17) is 5.73 Å². The summed E-state index contributed by atoms with van der Waals surface area (Å²) in [7, 11) is 0. The van der Waals surface area contributed by atoms with Gasteiger partial charge in [-0.3, -0.25) is 4.98 Å². The number of hydrogen-bond donors (Lipinski definition) is 3. The Morgan fingerprint density at radius 3 is 2.86 bits per heavy atom. The molecule has 7 heteroatoms. The number of nitrogens with zero attached hydrogens (tertiary/aromatic N) is 4. The Kier molecular flexibility index (Phi) is 4.41. The standard InChI is InChI=1S/C22H23N5O2/c23-21-17-6-8-27(22(17)26-12-25-21)18-10-15(19(28)20(18)29)4-2-13-1-3-14-5-7-24-11-16(14)9-13/h1,3,5-9,11-12,15,18-20,28-29H,2,4,10H2,(H2,23,25,26)/t15-,18+,19+,20-/m0/s1. The highest BCUT2D eigenvalue weighted by Crippen LogP contribution is 2.39. The monoisotopic (exact) mass is 389 g/mol. The lowest BCUT2D eigenvalue weighted by atomic mass is 9.95. The van der Waals surface area contributed by atoms with Gasteiger partial charge in [-0.25, -0.2) is 9.97 Å². The fourth-order valence-corrected chi connectivity index (χ4v) is 4.56. The van der Waals surface area contributed by atoms with E-state index in [1.54, 1.807) is 6.20 Å². The van der Waals surface area contributed by atoms with Crippen molar-refractivity contribution in [2.45, 2.75) is 37.5 Å². The lowest BCUT2D eigenvalue weighted by Gasteiger charge is -2.19. The number of benzene rings is 1. The van der Waals surface area contributed by atoms with Crippen LogP contribution in [0.2, 0.25) is 0 Å². The molecule has 0 bridgehead atoms. The van der Waals surface area contributed by atoms with E-state index in [1.165, 1.54) is 17.3 Å². The van der Waals surface area contributed by atoms with Crippen LogP contribution in [0.15, 0.2) is 55.2 Å². The molecule has 29 heavy (non-hydrogen) atoms. The number of rotatable bonds is 4. The minimum Gasteiger partial charge on any atom is -0.390 e. The van der Waals surface area contributed by atoms with E-state index in [9.17, 15) is 10.2 Å². The molecule has 4 N–H and O–H groups in total. The Hall–Kier alpha value is -3.03. The van der Waals surface area contributed by atoms with Crippen LogP contribution < -0.4 is 5.73 Å². The van der Waals surface area contributed by atoms with Crippen molar-refractivity contribution >= 4 is 27.6 Å². The van der Waals surface area contributed by atoms with Crippen molar-refractivity contribution in [3.63, 3.8) is 0 Å². The van der Waals surface area contributed by atoms with Crippen LogP contribution in [-0.2, 0) is 6.42 Å². The summed E-state index contributed by atoms with van der Waals surface area (Å²) in [6, 6.07) is 10.00. The van der Waals surface area contributed by atoms with Gasteiger partial charge in [0.2, 0.25) is 0 Å². The van der Waals surface area contributed by atoms with Crippen molar-refractivity contribution < 1.29 is 10.2 Å². The zero-order valence-corrected chi connectivity index (χ0v) is 15.9. The first-order valence-corrected chi connectivity index (χ1v) is 9.87. The number of aryl methyl sites for hydroxylation is 1. The summed E-state index contributed by atoms with van der Waals surface area (Å²) < 4.78 is 1.92. The van der Waals surface area contributed by atoms with Gasteiger partial charge in [0.15, 0.2) is 0 Å². The Bertz CT molecular complexity index is 1170. The smallest absolute Gasteiger partial charge is 0.145 e. The number of aliphatic hydroxyl groups excluding tert-OH is 2. The number of anilines is 1. The van der Waals surface area contributed by atoms with Crippen LogP contribution in [-0.4, -0.2) is 41.9 Å². The minimum atomic E-state index is -0.840. The fraction of sp³-hybridized carbons (Fsp3) is 0.318. The maximum absolute atomic E-state index is 10.7. The van der Waals surface area contributed by atoms with Crippen molar-refractivity contribution in [1.29, 1.82) is 0 Å². The summed E-state index contributed by atoms with van der Waals surface area (Å²) in [6.07, 6.45) is 7.68. The molecule has 0 unspecified atom stereocenters. The van der Waals surface area contributed by atoms with Crippen LogP contribution in [0.1, 0.15) is 24.4 Å². The number of nitrogen functional groups attached to an aromatic ring is 1. The van der Waals surface area contributed by atoms with E-state index in [0.29, 0.717) is 17.9 Å². The van der Waals surface area contributed by atoms with Crippen molar-refractivity contribution in [1.82, 2.24) is 19.5 Å². The highest BCUT2D eigenvalue weighted by atomic mass is 16.3. The van der Waals surface area contributed by atoms with Crippen LogP contribution in [0.5, 0.6) is 0 Å². The predicted molar refractivity (Wildman–Crippen MR) is 111 cm³/mol. The van der Waals surface area contributed by atoms with E-state index in [0.717, 1.165) is 23.6 Å². The van der Waals surface area contributed by atoms with Crippen LogP contribution in [0.4, 0.5) is 5.82 Å². The quantitative estimate of drug-likeness (QED) is 0.495. The minimum absolute atomic E-state index is 0.0104. The molecule has 1 aliphatic rings. The van der Waals surface area contributed by atoms with Crippen molar-refractivity contribution in [3.05, 3.63) is 60.8 Å². The summed E-state index contributed by atoms with van der Waals surface area (Å²) in [5.74, 6) is 0.431. The van der Waals surface area contributed by atoms with Gasteiger partial charge in [-0.2, -0.15) is 0 Å².